The second-order valence-corrected chi connectivity index (χ2v) is 8.50. The van der Waals surface area contributed by atoms with Crippen LogP contribution >= 0.6 is 0 Å². The average Bonchev–Trinajstić information content (AvgIpc) is 3.43. The van der Waals surface area contributed by atoms with Crippen molar-refractivity contribution in [1.82, 2.24) is 25.7 Å². The number of benzene rings is 1. The van der Waals surface area contributed by atoms with Crippen LogP contribution in [0.15, 0.2) is 41.0 Å². The quantitative estimate of drug-likeness (QED) is 0.437. The van der Waals surface area contributed by atoms with Gasteiger partial charge in [0.1, 0.15) is 5.69 Å². The van der Waals surface area contributed by atoms with Crippen LogP contribution in [-0.2, 0) is 6.18 Å². The molecule has 33 heavy (non-hydrogen) atoms. The van der Waals surface area contributed by atoms with Gasteiger partial charge in [0, 0.05) is 11.9 Å². The number of H-pyrrole nitrogens is 2. The van der Waals surface area contributed by atoms with E-state index in [2.05, 4.69) is 30.7 Å². The van der Waals surface area contributed by atoms with Gasteiger partial charge < -0.3 is 5.32 Å². The fraction of sp³-hybridized carbons (Fsp3) is 0.391. The Hall–Kier alpha value is -3.43. The number of hydrogen-bond donors (Lipinski definition) is 3. The van der Waals surface area contributed by atoms with Gasteiger partial charge in [-0.15, -0.1) is 0 Å². The van der Waals surface area contributed by atoms with Crippen molar-refractivity contribution in [2.24, 2.45) is 10.9 Å². The third-order valence-corrected chi connectivity index (χ3v) is 5.45. The molecule has 2 heterocycles. The zero-order chi connectivity index (χ0) is 23.6. The number of halogens is 3. The van der Waals surface area contributed by atoms with Gasteiger partial charge in [0.05, 0.1) is 28.7 Å². The molecule has 0 atom stereocenters. The predicted molar refractivity (Wildman–Crippen MR) is 120 cm³/mol. The standard InChI is InChI=1S/C23H25F3N6O/c1-13(2)11-27-22(33)20-16-10-15(8-9-18(16)30-31-20)29-19(14-6-4-3-5-7-14)17-12-28-32-21(17)23(24,25)26/h6,8-10,12-13H,3-5,7,11H2,1-2H3,(H,27,33)(H,28,32)(H,30,31). The van der Waals surface area contributed by atoms with E-state index in [0.29, 0.717) is 29.6 Å². The van der Waals surface area contributed by atoms with Gasteiger partial charge in [0.25, 0.3) is 5.91 Å². The molecular weight excluding hydrogens is 433 g/mol. The van der Waals surface area contributed by atoms with Gasteiger partial charge in [-0.25, -0.2) is 4.99 Å². The number of alkyl halides is 3. The first kappa shape index (κ1) is 22.8. The van der Waals surface area contributed by atoms with Gasteiger partial charge in [0.2, 0.25) is 0 Å². The first-order valence-corrected chi connectivity index (χ1v) is 10.9. The summed E-state index contributed by atoms with van der Waals surface area (Å²) in [4.78, 5) is 17.2. The third kappa shape index (κ3) is 4.99. The molecule has 0 aliphatic heterocycles. The van der Waals surface area contributed by atoms with Crippen molar-refractivity contribution in [2.75, 3.05) is 6.54 Å². The summed E-state index contributed by atoms with van der Waals surface area (Å²) in [6.45, 7) is 4.48. The molecule has 1 aliphatic carbocycles. The van der Waals surface area contributed by atoms with E-state index in [1.165, 1.54) is 0 Å². The molecule has 0 saturated heterocycles. The van der Waals surface area contributed by atoms with Crippen LogP contribution in [0.1, 0.15) is 61.3 Å². The van der Waals surface area contributed by atoms with Crippen molar-refractivity contribution in [2.45, 2.75) is 45.7 Å². The number of aromatic amines is 2. The highest BCUT2D eigenvalue weighted by molar-refractivity contribution is 6.14. The molecule has 0 radical (unpaired) electrons. The maximum absolute atomic E-state index is 13.6. The average molecular weight is 458 g/mol. The minimum Gasteiger partial charge on any atom is -0.350 e. The third-order valence-electron chi connectivity index (χ3n) is 5.45. The molecule has 0 fully saturated rings. The SMILES string of the molecule is CC(C)CNC(=O)c1n[nH]c2ccc(N=C(C3=CCCCC3)c3cn[nH]c3C(F)(F)F)cc12. The van der Waals surface area contributed by atoms with Gasteiger partial charge in [-0.1, -0.05) is 19.9 Å². The van der Waals surface area contributed by atoms with Crippen LogP contribution < -0.4 is 5.32 Å². The van der Waals surface area contributed by atoms with Crippen LogP contribution in [0.4, 0.5) is 18.9 Å². The molecule has 1 aromatic carbocycles. The number of fused-ring (bicyclic) bond motifs is 1. The fourth-order valence-electron chi connectivity index (χ4n) is 3.79. The van der Waals surface area contributed by atoms with E-state index in [9.17, 15) is 18.0 Å². The lowest BCUT2D eigenvalue weighted by Gasteiger charge is -2.16. The Morgan fingerprint density at radius 2 is 2.06 bits per heavy atom. The van der Waals surface area contributed by atoms with E-state index in [0.717, 1.165) is 31.0 Å². The van der Waals surface area contributed by atoms with E-state index in [-0.39, 0.29) is 28.8 Å². The molecule has 0 spiro atoms. The summed E-state index contributed by atoms with van der Waals surface area (Å²) in [7, 11) is 0. The molecule has 3 aromatic rings. The van der Waals surface area contributed by atoms with Crippen molar-refractivity contribution in [3.8, 4) is 0 Å². The zero-order valence-electron chi connectivity index (χ0n) is 18.4. The van der Waals surface area contributed by atoms with Gasteiger partial charge in [-0.3, -0.25) is 15.0 Å². The predicted octanol–water partition coefficient (Wildman–Crippen LogP) is 5.31. The summed E-state index contributed by atoms with van der Waals surface area (Å²) in [6.07, 6.45) is 1.81. The smallest absolute Gasteiger partial charge is 0.350 e. The first-order chi connectivity index (χ1) is 15.7. The second-order valence-electron chi connectivity index (χ2n) is 8.50. The summed E-state index contributed by atoms with van der Waals surface area (Å²) in [6, 6.07) is 5.07. The van der Waals surface area contributed by atoms with E-state index in [4.69, 9.17) is 0 Å². The first-order valence-electron chi connectivity index (χ1n) is 10.9. The number of aromatic nitrogens is 4. The largest absolute Gasteiger partial charge is 0.433 e. The highest BCUT2D eigenvalue weighted by atomic mass is 19.4. The van der Waals surface area contributed by atoms with Crippen LogP contribution in [0, 0.1) is 5.92 Å². The number of amides is 1. The molecule has 4 rings (SSSR count). The number of hydrogen-bond acceptors (Lipinski definition) is 4. The lowest BCUT2D eigenvalue weighted by Crippen LogP contribution is -2.27. The van der Waals surface area contributed by atoms with E-state index in [1.54, 1.807) is 18.2 Å². The molecule has 174 valence electrons. The Kier molecular flexibility index (Phi) is 6.35. The molecule has 0 unspecified atom stereocenters. The van der Waals surface area contributed by atoms with Crippen LogP contribution in [0.5, 0.6) is 0 Å². The zero-order valence-corrected chi connectivity index (χ0v) is 18.4. The minimum atomic E-state index is -4.59. The second kappa shape index (κ2) is 9.21. The number of allylic oxidation sites excluding steroid dienone is 2. The molecule has 0 saturated carbocycles. The van der Waals surface area contributed by atoms with Crippen LogP contribution in [-0.4, -0.2) is 38.6 Å². The molecule has 0 bridgehead atoms. The van der Waals surface area contributed by atoms with Gasteiger partial charge in [-0.05, 0) is 55.4 Å². The Balaban J connectivity index is 1.78. The van der Waals surface area contributed by atoms with Gasteiger partial charge in [-0.2, -0.15) is 23.4 Å². The summed E-state index contributed by atoms with van der Waals surface area (Å²) in [5, 5.41) is 16.0. The molecule has 3 N–H and O–H groups in total. The number of nitrogens with zero attached hydrogens (tertiary/aromatic N) is 3. The molecular formula is C23H25F3N6O. The topological polar surface area (TPSA) is 98.8 Å². The Bertz CT molecular complexity index is 1220. The maximum atomic E-state index is 13.6. The van der Waals surface area contributed by atoms with Crippen molar-refractivity contribution >= 4 is 28.2 Å². The van der Waals surface area contributed by atoms with E-state index < -0.39 is 11.9 Å². The van der Waals surface area contributed by atoms with Crippen molar-refractivity contribution in [3.05, 3.63) is 53.0 Å². The summed E-state index contributed by atoms with van der Waals surface area (Å²) >= 11 is 0. The minimum absolute atomic E-state index is 0.0853. The molecule has 2 aromatic heterocycles. The van der Waals surface area contributed by atoms with Crippen LogP contribution in [0.25, 0.3) is 10.9 Å². The van der Waals surface area contributed by atoms with Crippen molar-refractivity contribution in [3.63, 3.8) is 0 Å². The normalized spacial score (nSPS) is 15.2. The Labute approximate surface area is 188 Å². The Morgan fingerprint density at radius 3 is 2.76 bits per heavy atom. The summed E-state index contributed by atoms with van der Waals surface area (Å²) in [5.74, 6) is -0.0380. The number of aliphatic imine (C=N–C) groups is 1. The highest BCUT2D eigenvalue weighted by Crippen LogP contribution is 2.34. The number of nitrogens with one attached hydrogen (secondary N) is 3. The Morgan fingerprint density at radius 1 is 1.24 bits per heavy atom. The van der Waals surface area contributed by atoms with E-state index in [1.807, 2.05) is 19.9 Å². The van der Waals surface area contributed by atoms with E-state index >= 15 is 0 Å². The fourth-order valence-corrected chi connectivity index (χ4v) is 3.79. The van der Waals surface area contributed by atoms with Crippen molar-refractivity contribution < 1.29 is 18.0 Å². The lowest BCUT2D eigenvalue weighted by molar-refractivity contribution is -0.141. The highest BCUT2D eigenvalue weighted by Gasteiger charge is 2.37. The summed E-state index contributed by atoms with van der Waals surface area (Å²) < 4.78 is 40.7. The van der Waals surface area contributed by atoms with Crippen LogP contribution in [0.2, 0.25) is 0 Å². The molecule has 1 amide bonds. The molecule has 1 aliphatic rings. The molecule has 10 heteroatoms. The summed E-state index contributed by atoms with van der Waals surface area (Å²) in [5.41, 5.74) is 1.28. The number of carbonyl (C=O) groups excluding carboxylic acids is 1. The maximum Gasteiger partial charge on any atom is 0.433 e. The van der Waals surface area contributed by atoms with Gasteiger partial charge in [0.15, 0.2) is 5.69 Å². The number of rotatable bonds is 6. The molecule has 7 nitrogen and oxygen atoms in total. The van der Waals surface area contributed by atoms with Crippen LogP contribution in [0.3, 0.4) is 0 Å². The lowest BCUT2D eigenvalue weighted by atomic mass is 9.92. The van der Waals surface area contributed by atoms with Gasteiger partial charge >= 0.3 is 6.18 Å². The monoisotopic (exact) mass is 458 g/mol. The number of carbonyl (C=O) groups is 1. The van der Waals surface area contributed by atoms with Crippen molar-refractivity contribution in [1.29, 1.82) is 0 Å².